The molecule has 1 saturated heterocycles. The number of carboxylic acid groups (broad SMARTS) is 1. The number of carbonyl (C=O) groups is 2. The lowest BCUT2D eigenvalue weighted by molar-refractivity contribution is -0.122. The van der Waals surface area contributed by atoms with Crippen molar-refractivity contribution >= 4 is 38.6 Å². The zero-order valence-electron chi connectivity index (χ0n) is 11.2. The van der Waals surface area contributed by atoms with Crippen LogP contribution in [0.5, 0.6) is 0 Å². The Morgan fingerprint density at radius 2 is 2.10 bits per heavy atom. The quantitative estimate of drug-likeness (QED) is 0.908. The highest BCUT2D eigenvalue weighted by atomic mass is 32.1. The summed E-state index contributed by atoms with van der Waals surface area (Å²) in [7, 11) is 0. The van der Waals surface area contributed by atoms with Crippen LogP contribution in [0.1, 0.15) is 23.2 Å². The minimum Gasteiger partial charge on any atom is -0.478 e. The lowest BCUT2D eigenvalue weighted by Gasteiger charge is -2.20. The molecule has 0 spiro atoms. The molecule has 1 amide bonds. The van der Waals surface area contributed by atoms with E-state index in [-0.39, 0.29) is 17.4 Å². The highest BCUT2D eigenvalue weighted by Gasteiger charge is 2.22. The molecule has 1 aliphatic heterocycles. The van der Waals surface area contributed by atoms with E-state index in [1.54, 1.807) is 12.1 Å². The zero-order valence-corrected chi connectivity index (χ0v) is 12.0. The van der Waals surface area contributed by atoms with Crippen LogP contribution in [0.15, 0.2) is 18.2 Å². The molecule has 7 heteroatoms. The molecule has 21 heavy (non-hydrogen) atoms. The highest BCUT2D eigenvalue weighted by molar-refractivity contribution is 7.22. The lowest BCUT2D eigenvalue weighted by atomic mass is 10.00. The number of amides is 1. The van der Waals surface area contributed by atoms with Gasteiger partial charge in [0.1, 0.15) is 0 Å². The second-order valence-corrected chi connectivity index (χ2v) is 5.91. The third-order valence-corrected chi connectivity index (χ3v) is 4.39. The van der Waals surface area contributed by atoms with Gasteiger partial charge in [0.2, 0.25) is 5.91 Å². The Hall–Kier alpha value is -1.99. The maximum atomic E-state index is 12.1. The Bertz CT molecular complexity index is 691. The standard InChI is InChI=1S/C14H14N2O4S/c17-12(8-3-5-20-6-4-8)16-14-15-10-2-1-9(13(18)19)7-11(10)21-14/h1-2,7-8H,3-6H2,(H,18,19)(H,15,16,17). The number of carboxylic acids is 1. The predicted molar refractivity (Wildman–Crippen MR) is 78.8 cm³/mol. The van der Waals surface area contributed by atoms with Crippen molar-refractivity contribution in [2.24, 2.45) is 5.92 Å². The highest BCUT2D eigenvalue weighted by Crippen LogP contribution is 2.28. The Morgan fingerprint density at radius 3 is 2.81 bits per heavy atom. The van der Waals surface area contributed by atoms with E-state index in [0.717, 1.165) is 17.5 Å². The van der Waals surface area contributed by atoms with Crippen molar-refractivity contribution in [3.8, 4) is 0 Å². The molecule has 0 unspecified atom stereocenters. The molecule has 1 aliphatic rings. The zero-order chi connectivity index (χ0) is 14.8. The van der Waals surface area contributed by atoms with Crippen LogP contribution < -0.4 is 5.32 Å². The molecule has 2 heterocycles. The molecule has 0 atom stereocenters. The molecule has 2 N–H and O–H groups in total. The van der Waals surface area contributed by atoms with E-state index >= 15 is 0 Å². The van der Waals surface area contributed by atoms with Crippen LogP contribution in [0.2, 0.25) is 0 Å². The maximum Gasteiger partial charge on any atom is 0.335 e. The summed E-state index contributed by atoms with van der Waals surface area (Å²) in [6, 6.07) is 4.73. The fourth-order valence-corrected chi connectivity index (χ4v) is 3.19. The van der Waals surface area contributed by atoms with Gasteiger partial charge in [0.25, 0.3) is 0 Å². The lowest BCUT2D eigenvalue weighted by Crippen LogP contribution is -2.28. The number of aromatic carboxylic acids is 1. The summed E-state index contributed by atoms with van der Waals surface area (Å²) in [4.78, 5) is 27.4. The van der Waals surface area contributed by atoms with Crippen molar-refractivity contribution in [3.63, 3.8) is 0 Å². The van der Waals surface area contributed by atoms with Gasteiger partial charge >= 0.3 is 5.97 Å². The summed E-state index contributed by atoms with van der Waals surface area (Å²) in [6.07, 6.45) is 1.44. The Balaban J connectivity index is 1.77. The van der Waals surface area contributed by atoms with Crippen molar-refractivity contribution < 1.29 is 19.4 Å². The number of anilines is 1. The number of thiazole rings is 1. The second kappa shape index (κ2) is 5.79. The van der Waals surface area contributed by atoms with Crippen molar-refractivity contribution in [3.05, 3.63) is 23.8 Å². The first-order chi connectivity index (χ1) is 10.1. The van der Waals surface area contributed by atoms with Crippen LogP contribution in [0.3, 0.4) is 0 Å². The molecule has 1 aromatic heterocycles. The summed E-state index contributed by atoms with van der Waals surface area (Å²) in [5.41, 5.74) is 0.903. The monoisotopic (exact) mass is 306 g/mol. The summed E-state index contributed by atoms with van der Waals surface area (Å²) in [5, 5.41) is 12.3. The van der Waals surface area contributed by atoms with Gasteiger partial charge < -0.3 is 15.2 Å². The number of fused-ring (bicyclic) bond motifs is 1. The van der Waals surface area contributed by atoms with Crippen LogP contribution in [0, 0.1) is 5.92 Å². The largest absolute Gasteiger partial charge is 0.478 e. The van der Waals surface area contributed by atoms with E-state index in [9.17, 15) is 9.59 Å². The first-order valence-electron chi connectivity index (χ1n) is 6.66. The number of nitrogens with zero attached hydrogens (tertiary/aromatic N) is 1. The topological polar surface area (TPSA) is 88.5 Å². The van der Waals surface area contributed by atoms with Crippen molar-refractivity contribution in [1.29, 1.82) is 0 Å². The first-order valence-corrected chi connectivity index (χ1v) is 7.47. The van der Waals surface area contributed by atoms with Crippen molar-refractivity contribution in [2.75, 3.05) is 18.5 Å². The van der Waals surface area contributed by atoms with Gasteiger partial charge in [-0.3, -0.25) is 4.79 Å². The van der Waals surface area contributed by atoms with Gasteiger partial charge in [-0.25, -0.2) is 9.78 Å². The number of hydrogen-bond donors (Lipinski definition) is 2. The molecule has 0 aliphatic carbocycles. The Kier molecular flexibility index (Phi) is 3.85. The van der Waals surface area contributed by atoms with Gasteiger partial charge in [-0.15, -0.1) is 0 Å². The third-order valence-electron chi connectivity index (χ3n) is 3.46. The number of carbonyl (C=O) groups excluding carboxylic acids is 1. The van der Waals surface area contributed by atoms with Crippen molar-refractivity contribution in [1.82, 2.24) is 4.98 Å². The minimum atomic E-state index is -0.974. The maximum absolute atomic E-state index is 12.1. The second-order valence-electron chi connectivity index (χ2n) is 4.88. The van der Waals surface area contributed by atoms with E-state index < -0.39 is 5.97 Å². The molecular formula is C14H14N2O4S. The van der Waals surface area contributed by atoms with E-state index in [4.69, 9.17) is 9.84 Å². The SMILES string of the molecule is O=C(O)c1ccc2nc(NC(=O)C3CCOCC3)sc2c1. The average molecular weight is 306 g/mol. The van der Waals surface area contributed by atoms with Crippen LogP contribution in [0.4, 0.5) is 5.13 Å². The van der Waals surface area contributed by atoms with Gasteiger partial charge in [-0.1, -0.05) is 11.3 Å². The van der Waals surface area contributed by atoms with Gasteiger partial charge in [0.05, 0.1) is 15.8 Å². The molecule has 1 fully saturated rings. The van der Waals surface area contributed by atoms with Gasteiger partial charge in [-0.2, -0.15) is 0 Å². The number of ether oxygens (including phenoxy) is 1. The van der Waals surface area contributed by atoms with E-state index in [1.165, 1.54) is 17.4 Å². The molecule has 110 valence electrons. The fourth-order valence-electron chi connectivity index (χ4n) is 2.28. The van der Waals surface area contributed by atoms with E-state index in [1.807, 2.05) is 0 Å². The number of rotatable bonds is 3. The summed E-state index contributed by atoms with van der Waals surface area (Å²) in [5.74, 6) is -1.06. The van der Waals surface area contributed by atoms with Crippen LogP contribution >= 0.6 is 11.3 Å². The summed E-state index contributed by atoms with van der Waals surface area (Å²) in [6.45, 7) is 1.22. The molecule has 3 rings (SSSR count). The third kappa shape index (κ3) is 3.03. The Labute approximate surface area is 124 Å². The van der Waals surface area contributed by atoms with Crippen LogP contribution in [-0.4, -0.2) is 35.2 Å². The summed E-state index contributed by atoms with van der Waals surface area (Å²) >= 11 is 1.28. The molecule has 1 aromatic carbocycles. The van der Waals surface area contributed by atoms with Crippen LogP contribution in [-0.2, 0) is 9.53 Å². The predicted octanol–water partition coefficient (Wildman–Crippen LogP) is 2.36. The molecule has 0 bridgehead atoms. The molecular weight excluding hydrogens is 292 g/mol. The summed E-state index contributed by atoms with van der Waals surface area (Å²) < 4.78 is 5.98. The number of hydrogen-bond acceptors (Lipinski definition) is 5. The van der Waals surface area contributed by atoms with Gasteiger partial charge in [0, 0.05) is 19.1 Å². The molecule has 2 aromatic rings. The smallest absolute Gasteiger partial charge is 0.335 e. The molecule has 6 nitrogen and oxygen atoms in total. The normalized spacial score (nSPS) is 16.0. The molecule has 0 radical (unpaired) electrons. The van der Waals surface area contributed by atoms with Crippen LogP contribution in [0.25, 0.3) is 10.2 Å². The van der Waals surface area contributed by atoms with Gasteiger partial charge in [0.15, 0.2) is 5.13 Å². The van der Waals surface area contributed by atoms with Gasteiger partial charge in [-0.05, 0) is 31.0 Å². The van der Waals surface area contributed by atoms with E-state index in [2.05, 4.69) is 10.3 Å². The fraction of sp³-hybridized carbons (Fsp3) is 0.357. The number of aromatic nitrogens is 1. The minimum absolute atomic E-state index is 0.0413. The first kappa shape index (κ1) is 14.0. The number of benzene rings is 1. The van der Waals surface area contributed by atoms with Crippen molar-refractivity contribution in [2.45, 2.75) is 12.8 Å². The number of nitrogens with one attached hydrogen (secondary N) is 1. The van der Waals surface area contributed by atoms with E-state index in [0.29, 0.717) is 23.9 Å². The Morgan fingerprint density at radius 1 is 1.33 bits per heavy atom. The molecule has 0 saturated carbocycles. The average Bonchev–Trinajstić information content (AvgIpc) is 2.89.